The Kier molecular flexibility index (Phi) is 7.32. The second-order valence-corrected chi connectivity index (χ2v) is 2.76. The maximum Gasteiger partial charge on any atom is 0.252 e. The Morgan fingerprint density at radius 3 is 2.79 bits per heavy atom. The van der Waals surface area contributed by atoms with Crippen molar-refractivity contribution in [3.05, 3.63) is 11.6 Å². The van der Waals surface area contributed by atoms with E-state index >= 15 is 0 Å². The summed E-state index contributed by atoms with van der Waals surface area (Å²) in [7, 11) is 0. The Morgan fingerprint density at radius 1 is 1.57 bits per heavy atom. The molecule has 0 unspecified atom stereocenters. The molecular formula is C10H17N3O. The van der Waals surface area contributed by atoms with Crippen LogP contribution in [0, 0.1) is 5.41 Å². The highest BCUT2D eigenvalue weighted by Gasteiger charge is 2.03. The van der Waals surface area contributed by atoms with Crippen molar-refractivity contribution in [3.63, 3.8) is 0 Å². The van der Waals surface area contributed by atoms with Gasteiger partial charge in [-0.3, -0.25) is 10.2 Å². The predicted octanol–water partition coefficient (Wildman–Crippen LogP) is 1.53. The predicted molar refractivity (Wildman–Crippen MR) is 59.0 cm³/mol. The number of allylic oxidation sites excluding steroid dienone is 1. The molecule has 0 saturated carbocycles. The van der Waals surface area contributed by atoms with Crippen LogP contribution >= 0.6 is 0 Å². The number of rotatable bonds is 6. The van der Waals surface area contributed by atoms with Crippen LogP contribution in [0.1, 0.15) is 26.7 Å². The Hall–Kier alpha value is -1.45. The molecule has 0 saturated heterocycles. The summed E-state index contributed by atoms with van der Waals surface area (Å²) in [5.41, 5.74) is 0.490. The third-order valence-electron chi connectivity index (χ3n) is 1.68. The van der Waals surface area contributed by atoms with Gasteiger partial charge >= 0.3 is 0 Å². The van der Waals surface area contributed by atoms with Crippen LogP contribution in [0.4, 0.5) is 0 Å². The first kappa shape index (κ1) is 12.6. The molecule has 0 aromatic heterocycles. The summed E-state index contributed by atoms with van der Waals surface area (Å²) in [5.74, 6) is -0.133. The van der Waals surface area contributed by atoms with Gasteiger partial charge in [-0.15, -0.1) is 0 Å². The third-order valence-corrected chi connectivity index (χ3v) is 1.68. The minimum atomic E-state index is -0.133. The summed E-state index contributed by atoms with van der Waals surface area (Å²) in [6.45, 7) is 4.52. The Morgan fingerprint density at radius 2 is 2.29 bits per heavy atom. The fourth-order valence-corrected chi connectivity index (χ4v) is 0.863. The number of carbonyl (C=O) groups excluding carboxylic acids is 1. The van der Waals surface area contributed by atoms with E-state index in [4.69, 9.17) is 5.41 Å². The van der Waals surface area contributed by atoms with Gasteiger partial charge in [0.15, 0.2) is 0 Å². The van der Waals surface area contributed by atoms with E-state index in [0.717, 1.165) is 19.2 Å². The maximum atomic E-state index is 11.4. The summed E-state index contributed by atoms with van der Waals surface area (Å²) in [5, 5.41) is 9.47. The van der Waals surface area contributed by atoms with Gasteiger partial charge in [0, 0.05) is 12.8 Å². The van der Waals surface area contributed by atoms with Crippen molar-refractivity contribution in [2.75, 3.05) is 6.54 Å². The molecule has 0 aliphatic rings. The highest BCUT2D eigenvalue weighted by atomic mass is 16.1. The van der Waals surface area contributed by atoms with Crippen molar-refractivity contribution in [1.29, 1.82) is 5.41 Å². The number of nitrogens with one attached hydrogen (secondary N) is 2. The van der Waals surface area contributed by atoms with Crippen LogP contribution in [-0.2, 0) is 4.79 Å². The summed E-state index contributed by atoms with van der Waals surface area (Å²) >= 11 is 0. The van der Waals surface area contributed by atoms with Crippen molar-refractivity contribution >= 4 is 18.5 Å². The van der Waals surface area contributed by atoms with E-state index in [9.17, 15) is 4.79 Å². The second kappa shape index (κ2) is 8.16. The molecule has 0 bridgehead atoms. The van der Waals surface area contributed by atoms with Crippen molar-refractivity contribution < 1.29 is 4.79 Å². The molecule has 0 atom stereocenters. The molecule has 0 heterocycles. The first-order valence-corrected chi connectivity index (χ1v) is 4.72. The van der Waals surface area contributed by atoms with Gasteiger partial charge in [-0.1, -0.05) is 19.4 Å². The number of hydrogen-bond donors (Lipinski definition) is 2. The molecule has 0 spiro atoms. The van der Waals surface area contributed by atoms with E-state index in [2.05, 4.69) is 17.2 Å². The van der Waals surface area contributed by atoms with Crippen molar-refractivity contribution in [3.8, 4) is 0 Å². The minimum absolute atomic E-state index is 0.133. The second-order valence-electron chi connectivity index (χ2n) is 2.76. The summed E-state index contributed by atoms with van der Waals surface area (Å²) in [6, 6.07) is 0. The van der Waals surface area contributed by atoms with E-state index in [1.807, 2.05) is 0 Å². The molecule has 2 N–H and O–H groups in total. The van der Waals surface area contributed by atoms with E-state index in [1.165, 1.54) is 6.21 Å². The molecule has 0 aromatic rings. The van der Waals surface area contributed by atoms with Crippen LogP contribution in [0.15, 0.2) is 16.6 Å². The van der Waals surface area contributed by atoms with E-state index in [-0.39, 0.29) is 5.91 Å². The molecule has 1 amide bonds. The van der Waals surface area contributed by atoms with Crippen LogP contribution in [-0.4, -0.2) is 25.0 Å². The molecule has 4 heteroatoms. The van der Waals surface area contributed by atoms with E-state index in [1.54, 1.807) is 13.0 Å². The average Bonchev–Trinajstić information content (AvgIpc) is 2.19. The highest BCUT2D eigenvalue weighted by molar-refractivity contribution is 6.13. The van der Waals surface area contributed by atoms with Crippen molar-refractivity contribution in [2.24, 2.45) is 4.99 Å². The van der Waals surface area contributed by atoms with Gasteiger partial charge in [-0.2, -0.15) is 0 Å². The molecule has 78 valence electrons. The number of hydrogen-bond acceptors (Lipinski definition) is 2. The average molecular weight is 195 g/mol. The van der Waals surface area contributed by atoms with Gasteiger partial charge in [0.2, 0.25) is 0 Å². The van der Waals surface area contributed by atoms with Gasteiger partial charge in [-0.25, -0.2) is 4.99 Å². The first-order valence-electron chi connectivity index (χ1n) is 4.72. The molecule has 14 heavy (non-hydrogen) atoms. The third kappa shape index (κ3) is 5.24. The van der Waals surface area contributed by atoms with Gasteiger partial charge in [0.1, 0.15) is 6.34 Å². The number of amides is 1. The first-order chi connectivity index (χ1) is 6.76. The SMILES string of the molecule is C/C=C(\C=NC=N)C(=O)NCCCC. The van der Waals surface area contributed by atoms with Crippen LogP contribution in [0.25, 0.3) is 0 Å². The van der Waals surface area contributed by atoms with Crippen LogP contribution in [0.5, 0.6) is 0 Å². The van der Waals surface area contributed by atoms with Crippen LogP contribution < -0.4 is 5.32 Å². The summed E-state index contributed by atoms with van der Waals surface area (Å²) in [6.07, 6.45) is 6.00. The number of carbonyl (C=O) groups is 1. The van der Waals surface area contributed by atoms with Gasteiger partial charge in [0.25, 0.3) is 5.91 Å². The van der Waals surface area contributed by atoms with E-state index in [0.29, 0.717) is 12.1 Å². The monoisotopic (exact) mass is 195 g/mol. The van der Waals surface area contributed by atoms with Crippen molar-refractivity contribution in [2.45, 2.75) is 26.7 Å². The topological polar surface area (TPSA) is 65.3 Å². The zero-order valence-corrected chi connectivity index (χ0v) is 8.71. The molecule has 0 aliphatic carbocycles. The van der Waals surface area contributed by atoms with Crippen molar-refractivity contribution in [1.82, 2.24) is 5.32 Å². The minimum Gasteiger partial charge on any atom is -0.352 e. The van der Waals surface area contributed by atoms with Gasteiger partial charge in [-0.05, 0) is 13.3 Å². The zero-order chi connectivity index (χ0) is 10.8. The lowest BCUT2D eigenvalue weighted by atomic mass is 10.2. The van der Waals surface area contributed by atoms with Crippen LogP contribution in [0.3, 0.4) is 0 Å². The largest absolute Gasteiger partial charge is 0.352 e. The van der Waals surface area contributed by atoms with Gasteiger partial charge in [0.05, 0.1) is 5.57 Å². The smallest absolute Gasteiger partial charge is 0.252 e. The van der Waals surface area contributed by atoms with E-state index < -0.39 is 0 Å². The van der Waals surface area contributed by atoms with Gasteiger partial charge < -0.3 is 5.32 Å². The Balaban J connectivity index is 4.06. The molecule has 4 nitrogen and oxygen atoms in total. The Bertz CT molecular complexity index is 244. The lowest BCUT2D eigenvalue weighted by Crippen LogP contribution is -2.26. The quantitative estimate of drug-likeness (QED) is 0.287. The molecular weight excluding hydrogens is 178 g/mol. The highest BCUT2D eigenvalue weighted by Crippen LogP contribution is 1.91. The fraction of sp³-hybridized carbons (Fsp3) is 0.500. The normalized spacial score (nSPS) is 11.7. The molecule has 0 rings (SSSR count). The standard InChI is InChI=1S/C10H17N3O/c1-3-5-6-13-10(14)9(4-2)7-12-8-11/h4,7-8,11H,3,5-6H2,1-2H3,(H,13,14)/b9-4+,11-8?,12-7?. The van der Waals surface area contributed by atoms with Crippen LogP contribution in [0.2, 0.25) is 0 Å². The lowest BCUT2D eigenvalue weighted by molar-refractivity contribution is -0.116. The molecule has 0 radical (unpaired) electrons. The molecule has 0 aliphatic heterocycles. The molecule has 0 aromatic carbocycles. The lowest BCUT2D eigenvalue weighted by Gasteiger charge is -2.03. The molecule has 0 fully saturated rings. The fourth-order valence-electron chi connectivity index (χ4n) is 0.863. The maximum absolute atomic E-state index is 11.4. The summed E-state index contributed by atoms with van der Waals surface area (Å²) < 4.78 is 0. The zero-order valence-electron chi connectivity index (χ0n) is 8.71. The summed E-state index contributed by atoms with van der Waals surface area (Å²) in [4.78, 5) is 15.0. The number of aliphatic imine (C=N–C) groups is 1. The Labute approximate surface area is 84.6 Å². The number of unbranched alkanes of at least 4 members (excludes halogenated alkanes) is 1. The number of nitrogens with zero attached hydrogens (tertiary/aromatic N) is 1.